The minimum Gasteiger partial charge on any atom is -0.497 e. The summed E-state index contributed by atoms with van der Waals surface area (Å²) in [4.78, 5) is 11.5. The third kappa shape index (κ3) is 10.3. The van der Waals surface area contributed by atoms with Crippen molar-refractivity contribution in [1.29, 1.82) is 0 Å². The maximum absolute atomic E-state index is 11.5. The van der Waals surface area contributed by atoms with E-state index in [2.05, 4.69) is 0 Å². The van der Waals surface area contributed by atoms with Gasteiger partial charge < -0.3 is 24.7 Å². The molecular weight excluding hydrogens is 334 g/mol. The van der Waals surface area contributed by atoms with E-state index in [9.17, 15) is 4.79 Å². The van der Waals surface area contributed by atoms with Crippen LogP contribution in [0.1, 0.15) is 45.6 Å². The van der Waals surface area contributed by atoms with Gasteiger partial charge in [0.2, 0.25) is 0 Å². The Morgan fingerprint density at radius 1 is 1.04 bits per heavy atom. The molecule has 0 unspecified atom stereocenters. The lowest BCUT2D eigenvalue weighted by molar-refractivity contribution is -0.155. The van der Waals surface area contributed by atoms with Gasteiger partial charge in [0, 0.05) is 25.3 Å². The van der Waals surface area contributed by atoms with Crippen LogP contribution in [0.15, 0.2) is 18.2 Å². The van der Waals surface area contributed by atoms with Crippen LogP contribution in [-0.2, 0) is 25.4 Å². The van der Waals surface area contributed by atoms with E-state index in [0.29, 0.717) is 39.3 Å². The molecule has 0 saturated heterocycles. The second kappa shape index (κ2) is 11.8. The Kier molecular flexibility index (Phi) is 10.1. The number of benzene rings is 1. The van der Waals surface area contributed by atoms with Gasteiger partial charge in [0.05, 0.1) is 20.3 Å². The van der Waals surface area contributed by atoms with Crippen LogP contribution in [0.2, 0.25) is 0 Å². The van der Waals surface area contributed by atoms with Crippen molar-refractivity contribution in [3.05, 3.63) is 23.8 Å². The summed E-state index contributed by atoms with van der Waals surface area (Å²) < 4.78 is 21.5. The van der Waals surface area contributed by atoms with E-state index in [1.54, 1.807) is 7.11 Å². The lowest BCUT2D eigenvalue weighted by Crippen LogP contribution is -2.23. The SMILES string of the molecule is COc1ccc(N)c(CCCOCCOCCCC(=O)OC(C)(C)C)c1. The average molecular weight is 367 g/mol. The van der Waals surface area contributed by atoms with Crippen LogP contribution in [0.25, 0.3) is 0 Å². The molecule has 0 fully saturated rings. The first-order valence-corrected chi connectivity index (χ1v) is 9.11. The molecule has 0 saturated carbocycles. The number of ether oxygens (including phenoxy) is 4. The monoisotopic (exact) mass is 367 g/mol. The van der Waals surface area contributed by atoms with Crippen LogP contribution in [0.4, 0.5) is 5.69 Å². The third-order valence-corrected chi connectivity index (χ3v) is 3.55. The fraction of sp³-hybridized carbons (Fsp3) is 0.650. The van der Waals surface area contributed by atoms with E-state index in [0.717, 1.165) is 29.8 Å². The van der Waals surface area contributed by atoms with Gasteiger partial charge in [-0.3, -0.25) is 4.79 Å². The van der Waals surface area contributed by atoms with E-state index in [4.69, 9.17) is 24.7 Å². The van der Waals surface area contributed by atoms with Gasteiger partial charge in [-0.25, -0.2) is 0 Å². The molecule has 0 amide bonds. The summed E-state index contributed by atoms with van der Waals surface area (Å²) in [6.07, 6.45) is 2.76. The van der Waals surface area contributed by atoms with Crippen LogP contribution in [0.3, 0.4) is 0 Å². The maximum Gasteiger partial charge on any atom is 0.306 e. The Morgan fingerprint density at radius 2 is 1.69 bits per heavy atom. The predicted octanol–water partition coefficient (Wildman–Crippen LogP) is 3.37. The molecule has 0 aliphatic carbocycles. The molecule has 2 N–H and O–H groups in total. The van der Waals surface area contributed by atoms with E-state index in [1.165, 1.54) is 0 Å². The number of methoxy groups -OCH3 is 1. The minimum absolute atomic E-state index is 0.186. The molecule has 1 rings (SSSR count). The molecule has 0 bridgehead atoms. The topological polar surface area (TPSA) is 80.0 Å². The molecule has 0 atom stereocenters. The fourth-order valence-corrected chi connectivity index (χ4v) is 2.32. The summed E-state index contributed by atoms with van der Waals surface area (Å²) in [5.41, 5.74) is 7.38. The molecule has 6 heteroatoms. The number of carbonyl (C=O) groups excluding carboxylic acids is 1. The molecule has 148 valence electrons. The summed E-state index contributed by atoms with van der Waals surface area (Å²) in [6, 6.07) is 5.68. The van der Waals surface area contributed by atoms with Gasteiger partial charge in [-0.15, -0.1) is 0 Å². The van der Waals surface area contributed by atoms with Crippen molar-refractivity contribution < 1.29 is 23.7 Å². The number of hydrogen-bond donors (Lipinski definition) is 1. The number of esters is 1. The molecule has 6 nitrogen and oxygen atoms in total. The maximum atomic E-state index is 11.5. The summed E-state index contributed by atoms with van der Waals surface area (Å²) >= 11 is 0. The van der Waals surface area contributed by atoms with Crippen LogP contribution < -0.4 is 10.5 Å². The van der Waals surface area contributed by atoms with Crippen molar-refractivity contribution in [3.8, 4) is 5.75 Å². The zero-order valence-electron chi connectivity index (χ0n) is 16.5. The van der Waals surface area contributed by atoms with Crippen molar-refractivity contribution >= 4 is 11.7 Å². The molecule has 0 heterocycles. The molecule has 0 radical (unpaired) electrons. The lowest BCUT2D eigenvalue weighted by Gasteiger charge is -2.19. The molecule has 0 aromatic heterocycles. The first-order valence-electron chi connectivity index (χ1n) is 9.11. The zero-order chi connectivity index (χ0) is 19.4. The van der Waals surface area contributed by atoms with Crippen LogP contribution in [0.5, 0.6) is 5.75 Å². The van der Waals surface area contributed by atoms with Crippen molar-refractivity contribution in [1.82, 2.24) is 0 Å². The van der Waals surface area contributed by atoms with E-state index < -0.39 is 5.60 Å². The van der Waals surface area contributed by atoms with Crippen molar-refractivity contribution in [2.45, 2.75) is 52.1 Å². The molecule has 1 aromatic carbocycles. The minimum atomic E-state index is -0.429. The Balaban J connectivity index is 1.99. The highest BCUT2D eigenvalue weighted by Crippen LogP contribution is 2.20. The van der Waals surface area contributed by atoms with Gasteiger partial charge >= 0.3 is 5.97 Å². The summed E-state index contributed by atoms with van der Waals surface area (Å²) in [7, 11) is 1.64. The van der Waals surface area contributed by atoms with E-state index >= 15 is 0 Å². The first-order chi connectivity index (χ1) is 12.3. The van der Waals surface area contributed by atoms with Gasteiger partial charge in [0.25, 0.3) is 0 Å². The molecule has 0 aliphatic rings. The fourth-order valence-electron chi connectivity index (χ4n) is 2.32. The number of aryl methyl sites for hydroxylation is 1. The van der Waals surface area contributed by atoms with Crippen LogP contribution in [0, 0.1) is 0 Å². The molecule has 26 heavy (non-hydrogen) atoms. The Hall–Kier alpha value is -1.79. The number of rotatable bonds is 12. The summed E-state index contributed by atoms with van der Waals surface area (Å²) in [5, 5.41) is 0. The quantitative estimate of drug-likeness (QED) is 0.347. The Bertz CT molecular complexity index is 539. The number of anilines is 1. The van der Waals surface area contributed by atoms with Gasteiger partial charge in [0.15, 0.2) is 0 Å². The normalized spacial score (nSPS) is 11.4. The van der Waals surface area contributed by atoms with E-state index in [1.807, 2.05) is 39.0 Å². The molecule has 0 spiro atoms. The zero-order valence-corrected chi connectivity index (χ0v) is 16.5. The van der Waals surface area contributed by atoms with Crippen molar-refractivity contribution in [2.75, 3.05) is 39.3 Å². The number of nitrogens with two attached hydrogens (primary N) is 1. The smallest absolute Gasteiger partial charge is 0.306 e. The average Bonchev–Trinajstić information content (AvgIpc) is 2.56. The summed E-state index contributed by atoms with van der Waals surface area (Å²) in [5.74, 6) is 0.629. The summed E-state index contributed by atoms with van der Waals surface area (Å²) in [6.45, 7) is 7.83. The van der Waals surface area contributed by atoms with Gasteiger partial charge in [-0.2, -0.15) is 0 Å². The second-order valence-corrected chi connectivity index (χ2v) is 7.08. The van der Waals surface area contributed by atoms with Crippen molar-refractivity contribution in [3.63, 3.8) is 0 Å². The molecular formula is C20H33NO5. The number of nitrogen functional groups attached to an aromatic ring is 1. The lowest BCUT2D eigenvalue weighted by atomic mass is 10.1. The Morgan fingerprint density at radius 3 is 2.31 bits per heavy atom. The third-order valence-electron chi connectivity index (χ3n) is 3.55. The Labute approximate surface area is 156 Å². The highest BCUT2D eigenvalue weighted by Gasteiger charge is 2.15. The predicted molar refractivity (Wildman–Crippen MR) is 102 cm³/mol. The first kappa shape index (κ1) is 22.3. The van der Waals surface area contributed by atoms with Gasteiger partial charge in [-0.05, 0) is 63.8 Å². The standard InChI is InChI=1S/C20H33NO5/c1-20(2,3)26-19(22)8-6-12-25-14-13-24-11-5-7-16-15-17(23-4)9-10-18(16)21/h9-10,15H,5-8,11-14,21H2,1-4H3. The largest absolute Gasteiger partial charge is 0.497 e. The highest BCUT2D eigenvalue weighted by molar-refractivity contribution is 5.69. The second-order valence-electron chi connectivity index (χ2n) is 7.08. The molecule has 1 aromatic rings. The van der Waals surface area contributed by atoms with Crippen LogP contribution in [-0.4, -0.2) is 45.1 Å². The van der Waals surface area contributed by atoms with Crippen molar-refractivity contribution in [2.24, 2.45) is 0 Å². The van der Waals surface area contributed by atoms with Gasteiger partial charge in [-0.1, -0.05) is 0 Å². The van der Waals surface area contributed by atoms with Gasteiger partial charge in [0.1, 0.15) is 11.4 Å². The highest BCUT2D eigenvalue weighted by atomic mass is 16.6. The van der Waals surface area contributed by atoms with E-state index in [-0.39, 0.29) is 5.97 Å². The molecule has 0 aliphatic heterocycles. The number of hydrogen-bond acceptors (Lipinski definition) is 6. The van der Waals surface area contributed by atoms with Crippen LogP contribution >= 0.6 is 0 Å². The number of carbonyl (C=O) groups is 1.